The first kappa shape index (κ1) is 14.3. The van der Waals surface area contributed by atoms with Crippen LogP contribution in [0.5, 0.6) is 11.5 Å². The van der Waals surface area contributed by atoms with Crippen molar-refractivity contribution in [3.63, 3.8) is 0 Å². The summed E-state index contributed by atoms with van der Waals surface area (Å²) in [6.45, 7) is 0. The van der Waals surface area contributed by atoms with Crippen molar-refractivity contribution in [1.29, 1.82) is 0 Å². The van der Waals surface area contributed by atoms with Crippen LogP contribution >= 0.6 is 8.46 Å². The quantitative estimate of drug-likeness (QED) is 0.558. The van der Waals surface area contributed by atoms with Crippen molar-refractivity contribution in [1.82, 2.24) is 0 Å². The molecule has 0 aliphatic rings. The van der Waals surface area contributed by atoms with Crippen molar-refractivity contribution in [2.75, 3.05) is 0 Å². The van der Waals surface area contributed by atoms with Gasteiger partial charge in [0.15, 0.2) is 8.46 Å². The monoisotopic (exact) mass is 308 g/mol. The molecule has 0 saturated heterocycles. The van der Waals surface area contributed by atoms with Crippen molar-refractivity contribution >= 4 is 13.8 Å². The highest BCUT2D eigenvalue weighted by atomic mass is 31.1. The SMILES string of the molecule is O=Pc1c(O)cc(-c2ccccc2)c(O)c1-c1ccccc1. The Morgan fingerprint density at radius 1 is 0.773 bits per heavy atom. The summed E-state index contributed by atoms with van der Waals surface area (Å²) >= 11 is 0. The Morgan fingerprint density at radius 2 is 1.32 bits per heavy atom. The average molecular weight is 308 g/mol. The summed E-state index contributed by atoms with van der Waals surface area (Å²) in [6, 6.07) is 19.8. The highest BCUT2D eigenvalue weighted by Crippen LogP contribution is 2.41. The zero-order chi connectivity index (χ0) is 15.5. The number of benzene rings is 3. The van der Waals surface area contributed by atoms with E-state index in [2.05, 4.69) is 0 Å². The number of phenols is 2. The van der Waals surface area contributed by atoms with Gasteiger partial charge in [-0.25, -0.2) is 0 Å². The van der Waals surface area contributed by atoms with E-state index in [1.807, 2.05) is 48.5 Å². The molecule has 0 saturated carbocycles. The van der Waals surface area contributed by atoms with Crippen LogP contribution in [0.2, 0.25) is 0 Å². The molecule has 4 heteroatoms. The zero-order valence-corrected chi connectivity index (χ0v) is 12.5. The fourth-order valence-electron chi connectivity index (χ4n) is 2.46. The van der Waals surface area contributed by atoms with E-state index in [0.29, 0.717) is 16.7 Å². The molecule has 3 rings (SSSR count). The summed E-state index contributed by atoms with van der Waals surface area (Å²) < 4.78 is 11.4. The normalized spacial score (nSPS) is 10.7. The van der Waals surface area contributed by atoms with Gasteiger partial charge in [0.05, 0.1) is 5.30 Å². The van der Waals surface area contributed by atoms with E-state index in [1.54, 1.807) is 12.1 Å². The van der Waals surface area contributed by atoms with E-state index in [-0.39, 0.29) is 25.3 Å². The second kappa shape index (κ2) is 6.00. The van der Waals surface area contributed by atoms with Gasteiger partial charge in [0.2, 0.25) is 0 Å². The summed E-state index contributed by atoms with van der Waals surface area (Å²) in [7, 11) is -0.341. The summed E-state index contributed by atoms with van der Waals surface area (Å²) in [4.78, 5) is 0. The predicted octanol–water partition coefficient (Wildman–Crippen LogP) is 4.35. The van der Waals surface area contributed by atoms with E-state index >= 15 is 0 Å². The molecule has 0 atom stereocenters. The van der Waals surface area contributed by atoms with Crippen LogP contribution < -0.4 is 5.30 Å². The molecule has 0 fully saturated rings. The lowest BCUT2D eigenvalue weighted by atomic mass is 9.96. The van der Waals surface area contributed by atoms with Crippen molar-refractivity contribution in [3.8, 4) is 33.8 Å². The smallest absolute Gasteiger partial charge is 0.197 e. The molecule has 0 aliphatic carbocycles. The summed E-state index contributed by atoms with van der Waals surface area (Å²) in [5.74, 6) is -0.0966. The van der Waals surface area contributed by atoms with Crippen molar-refractivity contribution in [3.05, 3.63) is 66.7 Å². The van der Waals surface area contributed by atoms with E-state index in [9.17, 15) is 14.8 Å². The first-order chi connectivity index (χ1) is 10.7. The molecule has 0 radical (unpaired) electrons. The molecular formula is C18H13O3P. The third kappa shape index (κ3) is 2.47. The van der Waals surface area contributed by atoms with E-state index in [4.69, 9.17) is 0 Å². The largest absolute Gasteiger partial charge is 0.507 e. The van der Waals surface area contributed by atoms with Crippen LogP contribution in [0.1, 0.15) is 0 Å². The van der Waals surface area contributed by atoms with Crippen LogP contribution in [0.25, 0.3) is 22.3 Å². The van der Waals surface area contributed by atoms with Crippen LogP contribution in [0.4, 0.5) is 0 Å². The first-order valence-electron chi connectivity index (χ1n) is 6.75. The molecule has 108 valence electrons. The maximum Gasteiger partial charge on any atom is 0.197 e. The summed E-state index contributed by atoms with van der Waals surface area (Å²) in [5, 5.41) is 21.1. The van der Waals surface area contributed by atoms with Gasteiger partial charge in [0, 0.05) is 11.1 Å². The Morgan fingerprint density at radius 3 is 1.86 bits per heavy atom. The number of rotatable bonds is 3. The van der Waals surface area contributed by atoms with Gasteiger partial charge < -0.3 is 10.2 Å². The maximum absolute atomic E-state index is 11.4. The second-order valence-corrected chi connectivity index (χ2v) is 5.47. The molecule has 0 aliphatic heterocycles. The maximum atomic E-state index is 11.4. The molecule has 3 nitrogen and oxygen atoms in total. The molecule has 3 aromatic rings. The molecule has 2 N–H and O–H groups in total. The Balaban J connectivity index is 2.33. The lowest BCUT2D eigenvalue weighted by Crippen LogP contribution is -2.01. The second-order valence-electron chi connectivity index (χ2n) is 4.84. The molecule has 0 heterocycles. The molecule has 0 amide bonds. The van der Waals surface area contributed by atoms with Crippen molar-refractivity contribution < 1.29 is 14.8 Å². The minimum atomic E-state index is -0.341. The Kier molecular flexibility index (Phi) is 3.90. The van der Waals surface area contributed by atoms with Crippen LogP contribution in [-0.4, -0.2) is 10.2 Å². The first-order valence-corrected chi connectivity index (χ1v) is 7.56. The van der Waals surface area contributed by atoms with Crippen LogP contribution in [-0.2, 0) is 4.57 Å². The zero-order valence-electron chi connectivity index (χ0n) is 11.6. The number of aromatic hydroxyl groups is 2. The molecule has 0 unspecified atom stereocenters. The fraction of sp³-hybridized carbons (Fsp3) is 0. The van der Waals surface area contributed by atoms with Crippen molar-refractivity contribution in [2.45, 2.75) is 0 Å². The van der Waals surface area contributed by atoms with Gasteiger partial charge in [-0.3, -0.25) is 4.57 Å². The van der Waals surface area contributed by atoms with Gasteiger partial charge in [-0.1, -0.05) is 60.7 Å². The number of hydrogen-bond donors (Lipinski definition) is 2. The van der Waals surface area contributed by atoms with Gasteiger partial charge in [0.25, 0.3) is 0 Å². The highest BCUT2D eigenvalue weighted by Gasteiger charge is 2.20. The average Bonchev–Trinajstić information content (AvgIpc) is 2.57. The Labute approximate surface area is 129 Å². The van der Waals surface area contributed by atoms with Crippen LogP contribution in [0, 0.1) is 0 Å². The number of hydrogen-bond acceptors (Lipinski definition) is 3. The topological polar surface area (TPSA) is 57.5 Å². The van der Waals surface area contributed by atoms with Crippen LogP contribution in [0.15, 0.2) is 66.7 Å². The number of phenolic OH excluding ortho intramolecular Hbond substituents is 2. The van der Waals surface area contributed by atoms with E-state index < -0.39 is 0 Å². The Hall–Kier alpha value is -2.64. The molecule has 0 spiro atoms. The molecule has 0 aromatic heterocycles. The molecule has 3 aromatic carbocycles. The van der Waals surface area contributed by atoms with Gasteiger partial charge in [-0.15, -0.1) is 0 Å². The van der Waals surface area contributed by atoms with Gasteiger partial charge in [-0.2, -0.15) is 0 Å². The third-order valence-electron chi connectivity index (χ3n) is 3.49. The third-order valence-corrected chi connectivity index (χ3v) is 4.13. The summed E-state index contributed by atoms with van der Waals surface area (Å²) in [5.41, 5.74) is 2.37. The summed E-state index contributed by atoms with van der Waals surface area (Å²) in [6.07, 6.45) is 0. The minimum Gasteiger partial charge on any atom is -0.507 e. The van der Waals surface area contributed by atoms with E-state index in [0.717, 1.165) is 5.56 Å². The van der Waals surface area contributed by atoms with Gasteiger partial charge in [0.1, 0.15) is 11.5 Å². The Bertz CT molecular complexity index is 815. The lowest BCUT2D eigenvalue weighted by Gasteiger charge is -2.14. The molecule has 0 bridgehead atoms. The van der Waals surface area contributed by atoms with Crippen LogP contribution in [0.3, 0.4) is 0 Å². The fourth-order valence-corrected chi connectivity index (χ4v) is 2.94. The highest BCUT2D eigenvalue weighted by molar-refractivity contribution is 7.35. The molecular weight excluding hydrogens is 295 g/mol. The minimum absolute atomic E-state index is 0.00792. The standard InChI is InChI=1S/C18H13O3P/c19-15-11-14(12-7-3-1-4-8-12)17(20)16(18(15)22-21)13-9-5-2-6-10-13/h1-11,19-20H. The lowest BCUT2D eigenvalue weighted by molar-refractivity contribution is 0.467. The van der Waals surface area contributed by atoms with Gasteiger partial charge >= 0.3 is 0 Å². The molecule has 22 heavy (non-hydrogen) atoms. The van der Waals surface area contributed by atoms with E-state index in [1.165, 1.54) is 6.07 Å². The predicted molar refractivity (Wildman–Crippen MR) is 87.9 cm³/mol. The van der Waals surface area contributed by atoms with Gasteiger partial charge in [-0.05, 0) is 17.2 Å². The van der Waals surface area contributed by atoms with Crippen molar-refractivity contribution in [2.24, 2.45) is 0 Å².